The van der Waals surface area contributed by atoms with Gasteiger partial charge >= 0.3 is 12.0 Å². The Labute approximate surface area is 155 Å². The van der Waals surface area contributed by atoms with Crippen molar-refractivity contribution in [1.29, 1.82) is 0 Å². The number of hydrogen-bond donors (Lipinski definition) is 2. The van der Waals surface area contributed by atoms with Crippen LogP contribution in [0, 0.1) is 5.92 Å². The molecular weight excluding hydrogens is 332 g/mol. The highest BCUT2D eigenvalue weighted by Gasteiger charge is 2.23. The second kappa shape index (κ2) is 10.8. The van der Waals surface area contributed by atoms with Crippen LogP contribution >= 0.6 is 0 Å². The Morgan fingerprint density at radius 2 is 2.04 bits per heavy atom. The van der Waals surface area contributed by atoms with Gasteiger partial charge in [-0.3, -0.25) is 4.79 Å². The number of nitrogens with one attached hydrogen (secondary N) is 1. The van der Waals surface area contributed by atoms with Gasteiger partial charge in [-0.05, 0) is 43.6 Å². The predicted octanol–water partition coefficient (Wildman–Crippen LogP) is 2.92. The molecule has 0 radical (unpaired) electrons. The van der Waals surface area contributed by atoms with Crippen molar-refractivity contribution in [3.05, 3.63) is 35.9 Å². The predicted molar refractivity (Wildman–Crippen MR) is 100 cm³/mol. The summed E-state index contributed by atoms with van der Waals surface area (Å²) in [5.74, 6) is -0.334. The molecule has 1 heterocycles. The number of carboxylic acid groups (broad SMARTS) is 1. The summed E-state index contributed by atoms with van der Waals surface area (Å²) in [7, 11) is 1.71. The van der Waals surface area contributed by atoms with E-state index in [-0.39, 0.29) is 18.5 Å². The molecule has 2 N–H and O–H groups in total. The van der Waals surface area contributed by atoms with Crippen LogP contribution in [0.25, 0.3) is 0 Å². The zero-order valence-electron chi connectivity index (χ0n) is 15.5. The molecule has 1 saturated heterocycles. The molecule has 2 rings (SSSR count). The van der Waals surface area contributed by atoms with Crippen LogP contribution < -0.4 is 5.32 Å². The zero-order valence-corrected chi connectivity index (χ0v) is 15.5. The lowest BCUT2D eigenvalue weighted by Crippen LogP contribution is -2.46. The van der Waals surface area contributed by atoms with Crippen molar-refractivity contribution < 1.29 is 19.4 Å². The van der Waals surface area contributed by atoms with E-state index in [1.165, 1.54) is 0 Å². The van der Waals surface area contributed by atoms with E-state index >= 15 is 0 Å². The molecule has 0 aromatic heterocycles. The SMILES string of the molecule is COCC1CCCN(C(=O)NC(CCC(=O)O)Cc2ccccc2)CC1. The molecule has 26 heavy (non-hydrogen) atoms. The number of aliphatic carboxylic acids is 1. The van der Waals surface area contributed by atoms with Crippen LogP contribution in [0.1, 0.15) is 37.7 Å². The van der Waals surface area contributed by atoms with Crippen LogP contribution in [-0.4, -0.2) is 54.9 Å². The third kappa shape index (κ3) is 7.04. The van der Waals surface area contributed by atoms with E-state index in [1.807, 2.05) is 35.2 Å². The summed E-state index contributed by atoms with van der Waals surface area (Å²) in [4.78, 5) is 25.5. The molecule has 2 unspecified atom stereocenters. The molecule has 1 aromatic carbocycles. The molecule has 1 aromatic rings. The van der Waals surface area contributed by atoms with Crippen LogP contribution in [0.15, 0.2) is 30.3 Å². The zero-order chi connectivity index (χ0) is 18.8. The summed E-state index contributed by atoms with van der Waals surface area (Å²) >= 11 is 0. The van der Waals surface area contributed by atoms with Gasteiger partial charge in [0, 0.05) is 39.3 Å². The smallest absolute Gasteiger partial charge is 0.317 e. The molecule has 2 amide bonds. The van der Waals surface area contributed by atoms with Gasteiger partial charge < -0.3 is 20.1 Å². The maximum atomic E-state index is 12.7. The minimum Gasteiger partial charge on any atom is -0.481 e. The molecule has 0 saturated carbocycles. The highest BCUT2D eigenvalue weighted by molar-refractivity contribution is 5.74. The highest BCUT2D eigenvalue weighted by atomic mass is 16.5. The van der Waals surface area contributed by atoms with Crippen molar-refractivity contribution in [2.24, 2.45) is 5.92 Å². The number of ether oxygens (including phenoxy) is 1. The van der Waals surface area contributed by atoms with Crippen molar-refractivity contribution in [1.82, 2.24) is 10.2 Å². The Morgan fingerprint density at radius 1 is 1.27 bits per heavy atom. The van der Waals surface area contributed by atoms with E-state index in [2.05, 4.69) is 5.32 Å². The van der Waals surface area contributed by atoms with Crippen LogP contribution in [0.2, 0.25) is 0 Å². The first-order chi connectivity index (χ1) is 12.6. The largest absolute Gasteiger partial charge is 0.481 e. The second-order valence-corrected chi connectivity index (χ2v) is 7.01. The van der Waals surface area contributed by atoms with E-state index in [4.69, 9.17) is 9.84 Å². The third-order valence-electron chi connectivity index (χ3n) is 4.90. The number of hydrogen-bond acceptors (Lipinski definition) is 3. The Balaban J connectivity index is 1.92. The van der Waals surface area contributed by atoms with Crippen LogP contribution in [0.5, 0.6) is 0 Å². The van der Waals surface area contributed by atoms with Gasteiger partial charge in [0.25, 0.3) is 0 Å². The van der Waals surface area contributed by atoms with Crippen molar-refractivity contribution in [2.45, 2.75) is 44.6 Å². The first-order valence-corrected chi connectivity index (χ1v) is 9.38. The Bertz CT molecular complexity index is 564. The van der Waals surface area contributed by atoms with Gasteiger partial charge in [0.2, 0.25) is 0 Å². The number of urea groups is 1. The molecule has 0 bridgehead atoms. The molecule has 1 aliphatic rings. The molecule has 0 aliphatic carbocycles. The Hall–Kier alpha value is -2.08. The fourth-order valence-electron chi connectivity index (χ4n) is 3.46. The summed E-state index contributed by atoms with van der Waals surface area (Å²) < 4.78 is 5.24. The standard InChI is InChI=1S/C20H30N2O4/c1-26-15-17-8-5-12-22(13-11-17)20(25)21-18(9-10-19(23)24)14-16-6-3-2-4-7-16/h2-4,6-7,17-18H,5,8-15H2,1H3,(H,21,25)(H,23,24). The van der Waals surface area contributed by atoms with Gasteiger partial charge in [-0.1, -0.05) is 30.3 Å². The summed E-state index contributed by atoms with van der Waals surface area (Å²) in [6, 6.07) is 9.59. The van der Waals surface area contributed by atoms with E-state index in [0.717, 1.165) is 44.5 Å². The van der Waals surface area contributed by atoms with Gasteiger partial charge in [-0.15, -0.1) is 0 Å². The number of benzene rings is 1. The first kappa shape index (κ1) is 20.2. The fourth-order valence-corrected chi connectivity index (χ4v) is 3.46. The Kier molecular flexibility index (Phi) is 8.41. The van der Waals surface area contributed by atoms with E-state index in [9.17, 15) is 9.59 Å². The van der Waals surface area contributed by atoms with Crippen molar-refractivity contribution in [2.75, 3.05) is 26.8 Å². The minimum atomic E-state index is -0.838. The number of carboxylic acids is 1. The number of amides is 2. The molecule has 6 nitrogen and oxygen atoms in total. The van der Waals surface area contributed by atoms with Gasteiger partial charge in [0.15, 0.2) is 0 Å². The van der Waals surface area contributed by atoms with E-state index < -0.39 is 5.97 Å². The number of carbonyl (C=O) groups excluding carboxylic acids is 1. The topological polar surface area (TPSA) is 78.9 Å². The number of carbonyl (C=O) groups is 2. The molecule has 144 valence electrons. The molecular formula is C20H30N2O4. The van der Waals surface area contributed by atoms with Gasteiger partial charge in [0.1, 0.15) is 0 Å². The van der Waals surface area contributed by atoms with Gasteiger partial charge in [-0.2, -0.15) is 0 Å². The minimum absolute atomic E-state index is 0.0493. The molecule has 1 aliphatic heterocycles. The van der Waals surface area contributed by atoms with Crippen LogP contribution in [0.4, 0.5) is 4.79 Å². The maximum Gasteiger partial charge on any atom is 0.317 e. The molecule has 0 spiro atoms. The van der Waals surface area contributed by atoms with Gasteiger partial charge in [-0.25, -0.2) is 4.79 Å². The summed E-state index contributed by atoms with van der Waals surface area (Å²) in [6.45, 7) is 2.20. The lowest BCUT2D eigenvalue weighted by atomic mass is 10.0. The molecule has 2 atom stereocenters. The second-order valence-electron chi connectivity index (χ2n) is 7.01. The average molecular weight is 362 g/mol. The Morgan fingerprint density at radius 3 is 2.73 bits per heavy atom. The summed E-state index contributed by atoms with van der Waals surface area (Å²) in [5.41, 5.74) is 1.10. The fraction of sp³-hybridized carbons (Fsp3) is 0.600. The van der Waals surface area contributed by atoms with Crippen molar-refractivity contribution in [3.8, 4) is 0 Å². The highest BCUT2D eigenvalue weighted by Crippen LogP contribution is 2.18. The lowest BCUT2D eigenvalue weighted by Gasteiger charge is -2.25. The normalized spacial score (nSPS) is 18.8. The lowest BCUT2D eigenvalue weighted by molar-refractivity contribution is -0.137. The third-order valence-corrected chi connectivity index (χ3v) is 4.90. The number of methoxy groups -OCH3 is 1. The number of likely N-dealkylation sites (tertiary alicyclic amines) is 1. The van der Waals surface area contributed by atoms with Crippen LogP contribution in [-0.2, 0) is 16.0 Å². The maximum absolute atomic E-state index is 12.7. The summed E-state index contributed by atoms with van der Waals surface area (Å²) in [5, 5.41) is 12.1. The monoisotopic (exact) mass is 362 g/mol. The number of rotatable bonds is 8. The van der Waals surface area contributed by atoms with Crippen LogP contribution in [0.3, 0.4) is 0 Å². The first-order valence-electron chi connectivity index (χ1n) is 9.38. The van der Waals surface area contributed by atoms with Crippen molar-refractivity contribution in [3.63, 3.8) is 0 Å². The quantitative estimate of drug-likeness (QED) is 0.745. The molecule has 6 heteroatoms. The van der Waals surface area contributed by atoms with E-state index in [0.29, 0.717) is 18.8 Å². The van der Waals surface area contributed by atoms with Crippen molar-refractivity contribution >= 4 is 12.0 Å². The summed E-state index contributed by atoms with van der Waals surface area (Å²) in [6.07, 6.45) is 4.10. The molecule has 1 fully saturated rings. The number of nitrogens with zero attached hydrogens (tertiary/aromatic N) is 1. The average Bonchev–Trinajstić information content (AvgIpc) is 2.86. The van der Waals surface area contributed by atoms with E-state index in [1.54, 1.807) is 7.11 Å². The van der Waals surface area contributed by atoms with Gasteiger partial charge in [0.05, 0.1) is 0 Å².